The molecule has 21 heavy (non-hydrogen) atoms. The van der Waals surface area contributed by atoms with Gasteiger partial charge in [0.25, 0.3) is 0 Å². The highest BCUT2D eigenvalue weighted by Gasteiger charge is 2.21. The summed E-state index contributed by atoms with van der Waals surface area (Å²) in [6.07, 6.45) is 7.34. The van der Waals surface area contributed by atoms with Crippen molar-refractivity contribution >= 4 is 0 Å². The van der Waals surface area contributed by atoms with Crippen molar-refractivity contribution < 1.29 is 9.47 Å². The molecule has 3 nitrogen and oxygen atoms in total. The van der Waals surface area contributed by atoms with Gasteiger partial charge in [-0.25, -0.2) is 0 Å². The fraction of sp³-hybridized carbons (Fsp3) is 0.667. The first-order valence-corrected chi connectivity index (χ1v) is 8.47. The average molecular weight is 289 g/mol. The van der Waals surface area contributed by atoms with Gasteiger partial charge in [-0.1, -0.05) is 13.0 Å². The van der Waals surface area contributed by atoms with Crippen molar-refractivity contribution in [3.8, 4) is 5.75 Å². The van der Waals surface area contributed by atoms with Crippen LogP contribution in [0.25, 0.3) is 0 Å². The van der Waals surface area contributed by atoms with E-state index >= 15 is 0 Å². The molecule has 0 radical (unpaired) electrons. The van der Waals surface area contributed by atoms with Crippen LogP contribution in [-0.4, -0.2) is 25.9 Å². The van der Waals surface area contributed by atoms with Crippen LogP contribution >= 0.6 is 0 Å². The van der Waals surface area contributed by atoms with Crippen LogP contribution in [0.15, 0.2) is 18.2 Å². The van der Waals surface area contributed by atoms with E-state index in [0.29, 0.717) is 6.04 Å². The molecule has 1 heterocycles. The van der Waals surface area contributed by atoms with Crippen molar-refractivity contribution in [1.29, 1.82) is 0 Å². The number of hydrogen-bond donors (Lipinski definition) is 1. The molecule has 0 spiro atoms. The molecule has 1 aromatic rings. The van der Waals surface area contributed by atoms with E-state index < -0.39 is 0 Å². The van der Waals surface area contributed by atoms with Gasteiger partial charge < -0.3 is 14.8 Å². The number of nitrogens with one attached hydrogen (secondary N) is 1. The topological polar surface area (TPSA) is 30.5 Å². The number of rotatable bonds is 5. The van der Waals surface area contributed by atoms with E-state index in [1.165, 1.54) is 36.8 Å². The fourth-order valence-corrected chi connectivity index (χ4v) is 3.39. The Hall–Kier alpha value is -1.06. The van der Waals surface area contributed by atoms with Gasteiger partial charge in [0.15, 0.2) is 0 Å². The number of aryl methyl sites for hydroxylation is 1. The van der Waals surface area contributed by atoms with Crippen molar-refractivity contribution in [2.45, 2.75) is 57.6 Å². The molecule has 0 aromatic heterocycles. The molecular formula is C18H27NO2. The van der Waals surface area contributed by atoms with E-state index in [2.05, 4.69) is 30.4 Å². The van der Waals surface area contributed by atoms with E-state index in [0.717, 1.165) is 38.3 Å². The first-order chi connectivity index (χ1) is 10.4. The van der Waals surface area contributed by atoms with E-state index in [4.69, 9.17) is 9.47 Å². The summed E-state index contributed by atoms with van der Waals surface area (Å²) < 4.78 is 11.6. The Morgan fingerprint density at radius 1 is 1.29 bits per heavy atom. The minimum atomic E-state index is 0.231. The molecular weight excluding hydrogens is 262 g/mol. The molecule has 3 rings (SSSR count). The third-order valence-corrected chi connectivity index (χ3v) is 4.49. The molecule has 3 heteroatoms. The van der Waals surface area contributed by atoms with Gasteiger partial charge in [-0.05, 0) is 68.3 Å². The molecule has 1 aromatic carbocycles. The van der Waals surface area contributed by atoms with Crippen molar-refractivity contribution in [3.05, 3.63) is 29.3 Å². The summed E-state index contributed by atoms with van der Waals surface area (Å²) in [6, 6.07) is 7.19. The molecule has 2 unspecified atom stereocenters. The zero-order valence-electron chi connectivity index (χ0n) is 13.1. The molecule has 1 fully saturated rings. The van der Waals surface area contributed by atoms with Crippen molar-refractivity contribution in [3.63, 3.8) is 0 Å². The lowest BCUT2D eigenvalue weighted by Gasteiger charge is -2.28. The van der Waals surface area contributed by atoms with Crippen LogP contribution in [0.5, 0.6) is 5.75 Å². The predicted molar refractivity (Wildman–Crippen MR) is 84.9 cm³/mol. The number of hydrogen-bond acceptors (Lipinski definition) is 3. The molecule has 116 valence electrons. The molecule has 0 amide bonds. The largest absolute Gasteiger partial charge is 0.488 e. The van der Waals surface area contributed by atoms with Gasteiger partial charge in [-0.15, -0.1) is 0 Å². The molecule has 2 aliphatic rings. The summed E-state index contributed by atoms with van der Waals surface area (Å²) >= 11 is 0. The van der Waals surface area contributed by atoms with Crippen LogP contribution in [0.2, 0.25) is 0 Å². The Morgan fingerprint density at radius 3 is 3.05 bits per heavy atom. The maximum Gasteiger partial charge on any atom is 0.122 e. The molecule has 2 atom stereocenters. The summed E-state index contributed by atoms with van der Waals surface area (Å²) in [5.41, 5.74) is 2.94. The number of fused-ring (bicyclic) bond motifs is 1. The summed E-state index contributed by atoms with van der Waals surface area (Å²) in [7, 11) is 0. The van der Waals surface area contributed by atoms with Gasteiger partial charge >= 0.3 is 0 Å². The van der Waals surface area contributed by atoms with E-state index in [1.807, 2.05) is 0 Å². The smallest absolute Gasteiger partial charge is 0.122 e. The molecule has 1 aliphatic carbocycles. The van der Waals surface area contributed by atoms with Gasteiger partial charge in [0.1, 0.15) is 11.9 Å². The lowest BCUT2D eigenvalue weighted by Crippen LogP contribution is -2.28. The second kappa shape index (κ2) is 7.28. The Balaban J connectivity index is 1.68. The van der Waals surface area contributed by atoms with E-state index in [9.17, 15) is 0 Å². The Morgan fingerprint density at radius 2 is 2.24 bits per heavy atom. The lowest BCUT2D eigenvalue weighted by molar-refractivity contribution is 0.00738. The van der Waals surface area contributed by atoms with Crippen molar-refractivity contribution in [2.24, 2.45) is 0 Å². The molecule has 0 bridgehead atoms. The van der Waals surface area contributed by atoms with Gasteiger partial charge in [-0.2, -0.15) is 0 Å². The van der Waals surface area contributed by atoms with Crippen molar-refractivity contribution in [1.82, 2.24) is 5.32 Å². The quantitative estimate of drug-likeness (QED) is 0.898. The maximum absolute atomic E-state index is 6.09. The summed E-state index contributed by atoms with van der Waals surface area (Å²) in [6.45, 7) is 4.94. The van der Waals surface area contributed by atoms with Gasteiger partial charge in [0.2, 0.25) is 0 Å². The first kappa shape index (κ1) is 14.9. The SMILES string of the molecule is CCCNC1CCCc2cc(OC3CCCOC3)ccc21. The Labute approximate surface area is 128 Å². The fourth-order valence-electron chi connectivity index (χ4n) is 3.39. The van der Waals surface area contributed by atoms with Crippen LogP contribution in [0.1, 0.15) is 56.2 Å². The number of ether oxygens (including phenoxy) is 2. The molecule has 0 saturated carbocycles. The highest BCUT2D eigenvalue weighted by Crippen LogP contribution is 2.32. The average Bonchev–Trinajstić information content (AvgIpc) is 2.53. The Kier molecular flexibility index (Phi) is 5.15. The highest BCUT2D eigenvalue weighted by molar-refractivity contribution is 5.39. The van der Waals surface area contributed by atoms with E-state index in [-0.39, 0.29) is 6.10 Å². The van der Waals surface area contributed by atoms with Crippen LogP contribution in [0.4, 0.5) is 0 Å². The van der Waals surface area contributed by atoms with Crippen LogP contribution in [0, 0.1) is 0 Å². The Bertz CT molecular complexity index is 455. The normalized spacial score (nSPS) is 25.4. The van der Waals surface area contributed by atoms with Gasteiger partial charge in [-0.3, -0.25) is 0 Å². The third-order valence-electron chi connectivity index (χ3n) is 4.49. The first-order valence-electron chi connectivity index (χ1n) is 8.47. The zero-order chi connectivity index (χ0) is 14.5. The van der Waals surface area contributed by atoms with Gasteiger partial charge in [0, 0.05) is 12.6 Å². The van der Waals surface area contributed by atoms with Crippen molar-refractivity contribution in [2.75, 3.05) is 19.8 Å². The van der Waals surface area contributed by atoms with Crippen LogP contribution in [0.3, 0.4) is 0 Å². The highest BCUT2D eigenvalue weighted by atomic mass is 16.5. The van der Waals surface area contributed by atoms with E-state index in [1.54, 1.807) is 0 Å². The second-order valence-electron chi connectivity index (χ2n) is 6.22. The summed E-state index contributed by atoms with van der Waals surface area (Å²) in [5, 5.41) is 3.67. The zero-order valence-corrected chi connectivity index (χ0v) is 13.1. The monoisotopic (exact) mass is 289 g/mol. The molecule has 1 aliphatic heterocycles. The minimum Gasteiger partial charge on any atom is -0.488 e. The molecule has 1 N–H and O–H groups in total. The summed E-state index contributed by atoms with van der Waals surface area (Å²) in [4.78, 5) is 0. The summed E-state index contributed by atoms with van der Waals surface area (Å²) in [5.74, 6) is 1.01. The van der Waals surface area contributed by atoms with Gasteiger partial charge in [0.05, 0.1) is 6.61 Å². The van der Waals surface area contributed by atoms with Crippen LogP contribution in [-0.2, 0) is 11.2 Å². The third kappa shape index (κ3) is 3.78. The second-order valence-corrected chi connectivity index (χ2v) is 6.22. The predicted octanol–water partition coefficient (Wildman–Crippen LogP) is 3.62. The number of benzene rings is 1. The molecule has 1 saturated heterocycles. The lowest BCUT2D eigenvalue weighted by atomic mass is 9.87. The standard InChI is InChI=1S/C18H27NO2/c1-2-10-19-18-7-3-5-14-12-15(8-9-17(14)18)21-16-6-4-11-20-13-16/h8-9,12,16,18-19H,2-7,10-11,13H2,1H3. The van der Waals surface area contributed by atoms with Crippen LogP contribution < -0.4 is 10.1 Å². The maximum atomic E-state index is 6.09. The minimum absolute atomic E-state index is 0.231.